The van der Waals surface area contributed by atoms with Gasteiger partial charge in [-0.05, 0) is 36.4 Å². The van der Waals surface area contributed by atoms with Crippen LogP contribution in [-0.2, 0) is 4.79 Å². The predicted molar refractivity (Wildman–Crippen MR) is 83.2 cm³/mol. The molecule has 0 aliphatic heterocycles. The molecule has 1 N–H and O–H groups in total. The monoisotopic (exact) mass is 305 g/mol. The molecule has 0 radical (unpaired) electrons. The zero-order valence-corrected chi connectivity index (χ0v) is 12.4. The van der Waals surface area contributed by atoms with E-state index in [0.29, 0.717) is 22.2 Å². The van der Waals surface area contributed by atoms with Crippen LogP contribution in [0.2, 0.25) is 5.02 Å². The molecular formula is C16H16ClNO3. The second kappa shape index (κ2) is 7.55. The number of anilines is 1. The van der Waals surface area contributed by atoms with Gasteiger partial charge in [-0.2, -0.15) is 0 Å². The molecule has 0 atom stereocenters. The Morgan fingerprint density at radius 3 is 2.43 bits per heavy atom. The lowest BCUT2D eigenvalue weighted by atomic mass is 10.3. The van der Waals surface area contributed by atoms with Crippen LogP contribution in [0.25, 0.3) is 0 Å². The molecule has 0 aliphatic rings. The summed E-state index contributed by atoms with van der Waals surface area (Å²) in [7, 11) is 1.58. The molecule has 2 aromatic carbocycles. The van der Waals surface area contributed by atoms with Gasteiger partial charge in [-0.25, -0.2) is 0 Å². The van der Waals surface area contributed by atoms with Crippen LogP contribution in [0.5, 0.6) is 11.5 Å². The maximum atomic E-state index is 11.8. The Labute approximate surface area is 128 Å². The molecule has 0 saturated heterocycles. The minimum absolute atomic E-state index is 0.118. The third-order valence-corrected chi connectivity index (χ3v) is 3.04. The molecule has 2 rings (SSSR count). The summed E-state index contributed by atoms with van der Waals surface area (Å²) in [6, 6.07) is 14.3. The van der Waals surface area contributed by atoms with Gasteiger partial charge in [0, 0.05) is 10.7 Å². The van der Waals surface area contributed by atoms with E-state index in [1.54, 1.807) is 37.4 Å². The number of carbonyl (C=O) groups is 1. The number of hydrogen-bond donors (Lipinski definition) is 1. The molecule has 0 spiro atoms. The van der Waals surface area contributed by atoms with Gasteiger partial charge in [0.2, 0.25) is 5.91 Å². The number of carbonyl (C=O) groups excluding carboxylic acids is 1. The minimum Gasteiger partial charge on any atom is -0.493 e. The highest BCUT2D eigenvalue weighted by Gasteiger charge is 2.06. The Balaban J connectivity index is 1.80. The van der Waals surface area contributed by atoms with Crippen molar-refractivity contribution in [2.24, 2.45) is 0 Å². The van der Waals surface area contributed by atoms with E-state index in [4.69, 9.17) is 21.1 Å². The molecule has 0 fully saturated rings. The van der Waals surface area contributed by atoms with Crippen molar-refractivity contribution in [2.45, 2.75) is 6.42 Å². The molecular weight excluding hydrogens is 290 g/mol. The van der Waals surface area contributed by atoms with E-state index in [2.05, 4.69) is 5.32 Å². The first kappa shape index (κ1) is 15.2. The van der Waals surface area contributed by atoms with Crippen LogP contribution in [-0.4, -0.2) is 19.6 Å². The smallest absolute Gasteiger partial charge is 0.227 e. The molecule has 0 heterocycles. The Kier molecular flexibility index (Phi) is 5.46. The van der Waals surface area contributed by atoms with E-state index < -0.39 is 0 Å². The van der Waals surface area contributed by atoms with E-state index in [1.807, 2.05) is 18.2 Å². The number of rotatable bonds is 6. The molecule has 110 valence electrons. The average molecular weight is 306 g/mol. The van der Waals surface area contributed by atoms with Crippen molar-refractivity contribution in [1.82, 2.24) is 0 Å². The van der Waals surface area contributed by atoms with Gasteiger partial charge < -0.3 is 14.8 Å². The Morgan fingerprint density at radius 1 is 1.10 bits per heavy atom. The van der Waals surface area contributed by atoms with Crippen LogP contribution in [0, 0.1) is 0 Å². The maximum absolute atomic E-state index is 11.8. The first-order chi connectivity index (χ1) is 10.2. The third-order valence-electron chi connectivity index (χ3n) is 2.78. The van der Waals surface area contributed by atoms with E-state index in [9.17, 15) is 4.79 Å². The first-order valence-corrected chi connectivity index (χ1v) is 6.88. The number of benzene rings is 2. The average Bonchev–Trinajstić information content (AvgIpc) is 2.50. The van der Waals surface area contributed by atoms with E-state index >= 15 is 0 Å². The molecule has 21 heavy (non-hydrogen) atoms. The Hall–Kier alpha value is -2.20. The quantitative estimate of drug-likeness (QED) is 0.884. The van der Waals surface area contributed by atoms with Crippen LogP contribution in [0.4, 0.5) is 5.69 Å². The zero-order valence-electron chi connectivity index (χ0n) is 11.6. The van der Waals surface area contributed by atoms with Crippen molar-refractivity contribution in [1.29, 1.82) is 0 Å². The van der Waals surface area contributed by atoms with Gasteiger partial charge in [-0.15, -0.1) is 0 Å². The molecule has 0 unspecified atom stereocenters. The fraction of sp³-hybridized carbons (Fsp3) is 0.188. The SMILES string of the molecule is COc1ccccc1OCCC(=O)Nc1ccc(Cl)cc1. The molecule has 4 nitrogen and oxygen atoms in total. The molecule has 0 saturated carbocycles. The van der Waals surface area contributed by atoms with Gasteiger partial charge in [0.1, 0.15) is 0 Å². The normalized spacial score (nSPS) is 10.0. The highest BCUT2D eigenvalue weighted by molar-refractivity contribution is 6.30. The summed E-state index contributed by atoms with van der Waals surface area (Å²) in [5, 5.41) is 3.41. The van der Waals surface area contributed by atoms with Gasteiger partial charge in [-0.3, -0.25) is 4.79 Å². The molecule has 0 bridgehead atoms. The lowest BCUT2D eigenvalue weighted by Crippen LogP contribution is -2.15. The summed E-state index contributed by atoms with van der Waals surface area (Å²) >= 11 is 5.78. The fourth-order valence-electron chi connectivity index (χ4n) is 1.75. The Morgan fingerprint density at radius 2 is 1.76 bits per heavy atom. The van der Waals surface area contributed by atoms with Crippen LogP contribution >= 0.6 is 11.6 Å². The van der Waals surface area contributed by atoms with Gasteiger partial charge in [-0.1, -0.05) is 23.7 Å². The summed E-state index contributed by atoms with van der Waals surface area (Å²) in [5.74, 6) is 1.15. The van der Waals surface area contributed by atoms with Crippen LogP contribution in [0.15, 0.2) is 48.5 Å². The zero-order chi connectivity index (χ0) is 15.1. The van der Waals surface area contributed by atoms with E-state index in [0.717, 1.165) is 0 Å². The molecule has 2 aromatic rings. The maximum Gasteiger partial charge on any atom is 0.227 e. The number of halogens is 1. The van der Waals surface area contributed by atoms with Crippen molar-refractivity contribution < 1.29 is 14.3 Å². The lowest BCUT2D eigenvalue weighted by Gasteiger charge is -2.10. The topological polar surface area (TPSA) is 47.6 Å². The van der Waals surface area contributed by atoms with Gasteiger partial charge >= 0.3 is 0 Å². The second-order valence-electron chi connectivity index (χ2n) is 4.30. The lowest BCUT2D eigenvalue weighted by molar-refractivity contribution is -0.116. The standard InChI is InChI=1S/C16H16ClNO3/c1-20-14-4-2-3-5-15(14)21-11-10-16(19)18-13-8-6-12(17)7-9-13/h2-9H,10-11H2,1H3,(H,18,19). The number of ether oxygens (including phenoxy) is 2. The summed E-state index contributed by atoms with van der Waals surface area (Å²) in [4.78, 5) is 11.8. The number of para-hydroxylation sites is 2. The van der Waals surface area contributed by atoms with Gasteiger partial charge in [0.25, 0.3) is 0 Å². The van der Waals surface area contributed by atoms with Crippen molar-refractivity contribution >= 4 is 23.2 Å². The van der Waals surface area contributed by atoms with Crippen LogP contribution in [0.3, 0.4) is 0 Å². The molecule has 0 aromatic heterocycles. The third kappa shape index (κ3) is 4.68. The first-order valence-electron chi connectivity index (χ1n) is 6.50. The van der Waals surface area contributed by atoms with Crippen LogP contribution < -0.4 is 14.8 Å². The Bertz CT molecular complexity index is 599. The number of nitrogens with one attached hydrogen (secondary N) is 1. The summed E-state index contributed by atoms with van der Waals surface area (Å²) in [6.45, 7) is 0.278. The number of amides is 1. The second-order valence-corrected chi connectivity index (χ2v) is 4.74. The summed E-state index contributed by atoms with van der Waals surface area (Å²) in [6.07, 6.45) is 0.251. The molecule has 5 heteroatoms. The van der Waals surface area contributed by atoms with Crippen molar-refractivity contribution in [3.63, 3.8) is 0 Å². The van der Waals surface area contributed by atoms with Gasteiger partial charge in [0.15, 0.2) is 11.5 Å². The molecule has 0 aliphatic carbocycles. The number of hydrogen-bond acceptors (Lipinski definition) is 3. The fourth-order valence-corrected chi connectivity index (χ4v) is 1.87. The summed E-state index contributed by atoms with van der Waals surface area (Å²) in [5.41, 5.74) is 0.710. The van der Waals surface area contributed by atoms with Gasteiger partial charge in [0.05, 0.1) is 20.1 Å². The van der Waals surface area contributed by atoms with E-state index in [1.165, 1.54) is 0 Å². The summed E-state index contributed by atoms with van der Waals surface area (Å²) < 4.78 is 10.7. The number of methoxy groups -OCH3 is 1. The van der Waals surface area contributed by atoms with Crippen molar-refractivity contribution in [2.75, 3.05) is 19.0 Å². The van der Waals surface area contributed by atoms with E-state index in [-0.39, 0.29) is 18.9 Å². The highest BCUT2D eigenvalue weighted by atomic mass is 35.5. The van der Waals surface area contributed by atoms with Crippen molar-refractivity contribution in [3.8, 4) is 11.5 Å². The minimum atomic E-state index is -0.118. The van der Waals surface area contributed by atoms with Crippen LogP contribution in [0.1, 0.15) is 6.42 Å². The largest absolute Gasteiger partial charge is 0.493 e. The predicted octanol–water partition coefficient (Wildman–Crippen LogP) is 3.76. The highest BCUT2D eigenvalue weighted by Crippen LogP contribution is 2.25. The molecule has 1 amide bonds. The van der Waals surface area contributed by atoms with Crippen molar-refractivity contribution in [3.05, 3.63) is 53.6 Å².